The Bertz CT molecular complexity index is 9360. The molecule has 0 aliphatic heterocycles. The first kappa shape index (κ1) is 171. The van der Waals surface area contributed by atoms with Gasteiger partial charge in [0, 0.05) is 991 Å². The molecule has 117 heteroatoms. The topological polar surface area (TPSA) is 107 Å². The van der Waals surface area contributed by atoms with Crippen LogP contribution in [0.25, 0.3) is 0 Å². The summed E-state index contributed by atoms with van der Waals surface area (Å²) < 4.78 is 0. The zero-order chi connectivity index (χ0) is 98.7. The largest absolute Gasteiger partial charge is 1.00 e. The third-order valence-electron chi connectivity index (χ3n) is 6.45. The first-order valence-corrected chi connectivity index (χ1v) is 168. The van der Waals surface area contributed by atoms with Crippen molar-refractivity contribution >= 4 is 995 Å². The van der Waals surface area contributed by atoms with Crippen LogP contribution in [0.4, 0.5) is 0 Å². The minimum atomic E-state index is -0.181. The molecule has 0 aromatic heterocycles. The van der Waals surface area contributed by atoms with Gasteiger partial charge in [-0.05, 0) is 35.1 Å². The van der Waals surface area contributed by atoms with E-state index in [1.54, 1.807) is 220 Å². The number of benzene rings is 2. The second kappa shape index (κ2) is 164. The van der Waals surface area contributed by atoms with E-state index in [2.05, 4.69) is 17.5 Å². The van der Waals surface area contributed by atoms with Crippen molar-refractivity contribution < 1.29 is 134 Å². The second-order valence-corrected chi connectivity index (χ2v) is 196. The molecule has 0 fully saturated rings. The van der Waals surface area contributed by atoms with Crippen molar-refractivity contribution in [2.75, 3.05) is 13.2 Å². The van der Waals surface area contributed by atoms with Gasteiger partial charge in [-0.15, -0.1) is 0 Å². The summed E-state index contributed by atoms with van der Waals surface area (Å²) in [5.41, 5.74) is 4.68. The summed E-state index contributed by atoms with van der Waals surface area (Å²) in [7, 11) is 184. The summed E-state index contributed by atoms with van der Waals surface area (Å²) in [6, 6.07) is 15.9. The fraction of sp³-hybridized carbons (Fsp3) is 0.333. The molecule has 0 spiro atoms. The van der Waals surface area contributed by atoms with Gasteiger partial charge in [-0.2, -0.15) is 12.6 Å². The zero-order valence-electron chi connectivity index (χ0n) is 63.0. The van der Waals surface area contributed by atoms with Crippen molar-refractivity contribution in [3.05, 3.63) is 70.8 Å². The molecule has 0 bridgehead atoms. The van der Waals surface area contributed by atoms with Gasteiger partial charge in [0.1, 0.15) is 0 Å². The summed E-state index contributed by atoms with van der Waals surface area (Å²) >= 11 is 24.8. The first-order valence-electron chi connectivity index (χ1n) is 26.4. The Morgan fingerprint density at radius 1 is 0.254 bits per heavy atom. The van der Waals surface area contributed by atoms with Gasteiger partial charge in [-0.1, -0.05) is 60.3 Å². The van der Waals surface area contributed by atoms with E-state index in [1.165, 1.54) is 58.4 Å². The normalized spacial score (nSPS) is 8.01. The monoisotopic (exact) mass is 3940 g/mol. The van der Waals surface area contributed by atoms with Crippen LogP contribution < -0.4 is 108 Å². The number of thiol groups is 1. The van der Waals surface area contributed by atoms with Gasteiger partial charge in [0.05, 0.1) is 0 Å². The maximum Gasteiger partial charge on any atom is 1.00 e. The van der Waals surface area contributed by atoms with Crippen LogP contribution in [0.1, 0.15) is 30.6 Å². The van der Waals surface area contributed by atoms with Crippen molar-refractivity contribution in [3.8, 4) is 0 Å². The first-order chi connectivity index (χ1) is 67.4. The number of carbonyl (C=O) groups is 2. The smallest absolute Gasteiger partial charge is 1.00 e. The van der Waals surface area contributed by atoms with Crippen LogP contribution in [0.15, 0.2) is 48.5 Å². The molecule has 0 radical (unpaired) electrons. The molecule has 0 atom stereocenters. The molecule has 0 heterocycles. The van der Waals surface area contributed by atoms with Crippen LogP contribution in [-0.4, -0.2) is 35.0 Å². The quantitative estimate of drug-likeness (QED) is 0.0793. The standard InChI is InChI=1S/C11H14O2S.C9H12OS.CH2O3.2K.S54.S53.H/c1-9(13)14-8-11-5-3-2-4-10(11)6-7-12;10-6-5-8-3-1-2-4-9(8)7-11;2-1-4-3;;;1-3-5-7-9-11-13-15-17-19-21-23-25-27-29-31-33-35-37-39-41-43-45-47-49-51-53-54-52-50-48-46-44-42-40-38-36-34-32-30-28-26-24-22-20-18-16-14-12-10-8-6-4-2;1-3-5-7-9-11-13-15-17-19-21-23-25-27-29-31-33-35-37-39-41-43-45-47-49-51-53-52-50-48-46-44-42-40-38-36-34-32-30-28-26-24-22-20-18-16-14-12-10-8-6-4-2;/h2-5,12H,6-8H2,1H3;1-4,10-11H,5-7H2;1,3H;;;;;/q;;;2*+1;;;-1/p-1. The van der Waals surface area contributed by atoms with Gasteiger partial charge >= 0.3 is 103 Å². The Hall–Kier alpha value is 25.0. The van der Waals surface area contributed by atoms with E-state index < -0.39 is 0 Å². The fourth-order valence-electron chi connectivity index (χ4n) is 3.44. The van der Waals surface area contributed by atoms with Crippen LogP contribution in [0.3, 0.4) is 0 Å². The third kappa shape index (κ3) is 157. The van der Waals surface area contributed by atoms with Crippen molar-refractivity contribution in [3.63, 3.8) is 0 Å². The minimum absolute atomic E-state index is 0. The zero-order valence-corrected chi connectivity index (χ0v) is 157. The molecule has 0 aliphatic rings. The van der Waals surface area contributed by atoms with Crippen molar-refractivity contribution in [1.29, 1.82) is 0 Å². The third-order valence-corrected chi connectivity index (χ3v) is 232. The molecule has 0 saturated carbocycles. The molecule has 804 valence electrons. The number of thioether (sulfide) groups is 1. The van der Waals surface area contributed by atoms with E-state index >= 15 is 0 Å². The summed E-state index contributed by atoms with van der Waals surface area (Å²) in [6.07, 6.45) is 1.39. The number of carbonyl (C=O) groups excluding carboxylic acids is 2. The number of hydrogen-bond acceptors (Lipinski definition) is 12. The predicted octanol–water partition coefficient (Wildman–Crippen LogP) is -4.05. The molecular weight excluding hydrogens is 3920 g/mol. The van der Waals surface area contributed by atoms with E-state index in [9.17, 15) is 4.79 Å². The van der Waals surface area contributed by atoms with Gasteiger partial charge in [0.25, 0.3) is 6.47 Å². The molecule has 0 aliphatic carbocycles. The van der Waals surface area contributed by atoms with Gasteiger partial charge in [0.2, 0.25) is 0 Å². The van der Waals surface area contributed by atoms with E-state index in [1.807, 2.05) is 715 Å². The Morgan fingerprint density at radius 2 is 0.362 bits per heavy atom. The second-order valence-electron chi connectivity index (χ2n) is 12.6. The van der Waals surface area contributed by atoms with Gasteiger partial charge < -0.3 is 21.8 Å². The molecule has 0 amide bonds. The molecule has 2 rings (SSSR count). The van der Waals surface area contributed by atoms with E-state index in [-0.39, 0.29) is 129 Å². The van der Waals surface area contributed by atoms with E-state index in [0.29, 0.717) is 12.2 Å². The molecule has 138 heavy (non-hydrogen) atoms. The van der Waals surface area contributed by atoms with Crippen molar-refractivity contribution in [2.24, 2.45) is 0 Å². The molecule has 0 saturated heterocycles. The van der Waals surface area contributed by atoms with E-state index in [4.69, 9.17) is 65.0 Å². The van der Waals surface area contributed by atoms with Crippen LogP contribution >= 0.6 is 24.4 Å². The van der Waals surface area contributed by atoms with Crippen LogP contribution in [-0.2, 0) is 998 Å². The molecule has 6 nitrogen and oxygen atoms in total. The Labute approximate surface area is 1210 Å². The molecule has 2 N–H and O–H groups in total. The maximum absolute atomic E-state index is 10.8. The van der Waals surface area contributed by atoms with Crippen molar-refractivity contribution in [2.45, 2.75) is 31.3 Å². The van der Waals surface area contributed by atoms with Crippen LogP contribution in [0.2, 0.25) is 0 Å². The van der Waals surface area contributed by atoms with Gasteiger partial charge in [-0.25, -0.2) is 0 Å². The summed E-state index contributed by atoms with van der Waals surface area (Å²) in [5, 5.41) is 26.1. The van der Waals surface area contributed by atoms with Gasteiger partial charge in [0.15, 0.2) is 5.12 Å². The number of hydrogen-bond donors (Lipinski definition) is 3. The average Bonchev–Trinajstić information content (AvgIpc) is 0.863. The van der Waals surface area contributed by atoms with Crippen LogP contribution in [0.5, 0.6) is 0 Å². The molecule has 2 aromatic rings. The summed E-state index contributed by atoms with van der Waals surface area (Å²) in [4.78, 5) is 22.0. The van der Waals surface area contributed by atoms with E-state index in [0.717, 1.165) is 23.3 Å². The van der Waals surface area contributed by atoms with Gasteiger partial charge in [-0.3, -0.25) is 9.59 Å². The van der Waals surface area contributed by atoms with Crippen molar-refractivity contribution in [1.82, 2.24) is 0 Å². The number of rotatable bonds is 8. The number of aliphatic hydroxyl groups is 2. The summed E-state index contributed by atoms with van der Waals surface area (Å²) in [5.74, 6) is 1.45. The average molecular weight is 3950 g/mol. The summed E-state index contributed by atoms with van der Waals surface area (Å²) in [6.45, 7) is 1.76. The Balaban J connectivity index is -0.000000482. The maximum atomic E-state index is 10.8. The Morgan fingerprint density at radius 3 is 0.464 bits per heavy atom. The number of aliphatic hydroxyl groups excluding tert-OH is 2. The Kier molecular flexibility index (Phi) is 204. The molecular formula is C21H28K2O6S109. The fourth-order valence-corrected chi connectivity index (χ4v) is 276. The van der Waals surface area contributed by atoms with Crippen LogP contribution in [0, 0.1) is 0 Å². The molecule has 0 unspecified atom stereocenters. The minimum Gasteiger partial charge on any atom is -1.00 e. The SMILES string of the molecule is CC(=O)SCc1ccccc1CCO.O=CO[O-].OCCc1ccccc1CS.S=S=S=S=S=S=S=S=S=S=S=S=S=S=S=S=S=S=S=S=S=S=S=S=S=S=S=S=S=S=S=S=S=S=S=S=S=S=S=S=S=S=S=S=S=S=S=S=S=S=S=S=S.S=S=S=S=S=S=S=S=S=S=S=S=S=S=S=S=S=S=S=S=S=S=S=S=S=S=S=S=S=S=S=S=S=S=S=S=S=S=S=S=S=S=S=S=S=S=S=S=S=S=S=S=S=S.[H-].[K+].[K+]. The molecule has 2 aromatic carbocycles. The predicted molar refractivity (Wildman–Crippen MR) is 905 cm³/mol.